The number of hydrogen-bond donors (Lipinski definition) is 2. The van der Waals surface area contributed by atoms with Gasteiger partial charge in [-0.3, -0.25) is 4.90 Å². The van der Waals surface area contributed by atoms with Gasteiger partial charge in [0.1, 0.15) is 0 Å². The average molecular weight is 470 g/mol. The minimum Gasteiger partial charge on any atom is -0.389 e. The molecule has 1 saturated carbocycles. The first-order valence-corrected chi connectivity index (χ1v) is 12.0. The van der Waals surface area contributed by atoms with Crippen molar-refractivity contribution in [3.8, 4) is 0 Å². The first-order valence-electron chi connectivity index (χ1n) is 11.6. The Hall–Kier alpha value is -2.46. The van der Waals surface area contributed by atoms with Crippen LogP contribution < -0.4 is 10.2 Å². The maximum Gasteiger partial charge on any atom is 0.227 e. The monoisotopic (exact) mass is 469 g/mol. The molecule has 2 aromatic heterocycles. The van der Waals surface area contributed by atoms with E-state index in [1.54, 1.807) is 6.20 Å². The number of nitrogens with one attached hydrogen (secondary N) is 1. The van der Waals surface area contributed by atoms with Crippen molar-refractivity contribution in [1.82, 2.24) is 24.6 Å². The molecule has 3 aliphatic rings. The van der Waals surface area contributed by atoms with E-state index >= 15 is 0 Å². The highest BCUT2D eigenvalue weighted by atomic mass is 35.5. The summed E-state index contributed by atoms with van der Waals surface area (Å²) in [5.41, 5.74) is 4.01. The molecule has 174 valence electrons. The van der Waals surface area contributed by atoms with Crippen LogP contribution in [0.2, 0.25) is 5.15 Å². The number of nitrogens with zero attached hydrogens (tertiary/aromatic N) is 6. The zero-order valence-electron chi connectivity index (χ0n) is 18.6. The Labute approximate surface area is 197 Å². The van der Waals surface area contributed by atoms with E-state index in [2.05, 4.69) is 44.3 Å². The number of anilines is 3. The number of halogens is 1. The second-order valence-electron chi connectivity index (χ2n) is 9.24. The minimum atomic E-state index is -0.383. The molecule has 2 N–H and O–H groups in total. The van der Waals surface area contributed by atoms with Gasteiger partial charge in [0.2, 0.25) is 5.95 Å². The lowest BCUT2D eigenvalue weighted by Crippen LogP contribution is -2.53. The Balaban J connectivity index is 1.20. The maximum atomic E-state index is 10.2. The van der Waals surface area contributed by atoms with Gasteiger partial charge in [-0.15, -0.1) is 0 Å². The van der Waals surface area contributed by atoms with Crippen LogP contribution in [0.5, 0.6) is 0 Å². The second kappa shape index (κ2) is 8.39. The summed E-state index contributed by atoms with van der Waals surface area (Å²) in [5, 5.41) is 19.4. The molecule has 1 aromatic carbocycles. The standard InChI is InChI=1S/C23H28ClN7O2/c1-14-8-15-10-25-23(28-18-11-26-31(22(18)24)16-2-3-16)27-17(15)9-19(14)29-4-6-30(7-5-29)20-12-33-13-21(20)32/h8-11,16,20-21,32H,2-7,12-13H2,1H3,(H,25,27,28)/t20-,21+/m0/s1. The van der Waals surface area contributed by atoms with Gasteiger partial charge in [0, 0.05) is 43.4 Å². The Bertz CT molecular complexity index is 1170. The van der Waals surface area contributed by atoms with Crippen molar-refractivity contribution in [3.05, 3.63) is 35.2 Å². The van der Waals surface area contributed by atoms with Crippen LogP contribution in [0.15, 0.2) is 24.5 Å². The molecule has 6 rings (SSSR count). The van der Waals surface area contributed by atoms with Gasteiger partial charge >= 0.3 is 0 Å². The molecule has 2 aliphatic heterocycles. The fourth-order valence-electron chi connectivity index (χ4n) is 4.88. The summed E-state index contributed by atoms with van der Waals surface area (Å²) in [5.74, 6) is 0.509. The van der Waals surface area contributed by atoms with Gasteiger partial charge in [-0.1, -0.05) is 11.6 Å². The fourth-order valence-corrected chi connectivity index (χ4v) is 5.16. The van der Waals surface area contributed by atoms with Crippen LogP contribution in [0.4, 0.5) is 17.3 Å². The van der Waals surface area contributed by atoms with Crippen molar-refractivity contribution in [1.29, 1.82) is 0 Å². The van der Waals surface area contributed by atoms with E-state index in [0.29, 0.717) is 30.4 Å². The molecular formula is C23H28ClN7O2. The van der Waals surface area contributed by atoms with Gasteiger partial charge < -0.3 is 20.1 Å². The smallest absolute Gasteiger partial charge is 0.227 e. The molecule has 0 unspecified atom stereocenters. The Morgan fingerprint density at radius 3 is 2.67 bits per heavy atom. The molecular weight excluding hydrogens is 442 g/mol. The molecule has 2 atom stereocenters. The number of aryl methyl sites for hydroxylation is 1. The van der Waals surface area contributed by atoms with Crippen molar-refractivity contribution >= 4 is 39.8 Å². The van der Waals surface area contributed by atoms with E-state index in [4.69, 9.17) is 21.3 Å². The molecule has 0 amide bonds. The third-order valence-corrected chi connectivity index (χ3v) is 7.29. The predicted molar refractivity (Wildman–Crippen MR) is 127 cm³/mol. The van der Waals surface area contributed by atoms with Crippen LogP contribution in [-0.2, 0) is 4.74 Å². The summed E-state index contributed by atoms with van der Waals surface area (Å²) in [6.45, 7) is 6.81. The van der Waals surface area contributed by atoms with Gasteiger partial charge in [-0.25, -0.2) is 14.6 Å². The lowest BCUT2D eigenvalue weighted by molar-refractivity contribution is 0.0785. The summed E-state index contributed by atoms with van der Waals surface area (Å²) in [6, 6.07) is 4.83. The highest BCUT2D eigenvalue weighted by Crippen LogP contribution is 2.39. The number of aliphatic hydroxyl groups excluding tert-OH is 1. The van der Waals surface area contributed by atoms with E-state index in [-0.39, 0.29) is 12.1 Å². The number of benzene rings is 1. The van der Waals surface area contributed by atoms with Crippen LogP contribution >= 0.6 is 11.6 Å². The lowest BCUT2D eigenvalue weighted by atomic mass is 10.1. The number of ether oxygens (including phenoxy) is 1. The Morgan fingerprint density at radius 1 is 1.12 bits per heavy atom. The maximum absolute atomic E-state index is 10.2. The number of aromatic nitrogens is 4. The lowest BCUT2D eigenvalue weighted by Gasteiger charge is -2.40. The molecule has 2 saturated heterocycles. The summed E-state index contributed by atoms with van der Waals surface area (Å²) < 4.78 is 7.30. The molecule has 4 heterocycles. The van der Waals surface area contributed by atoms with Crippen LogP contribution in [0.25, 0.3) is 10.9 Å². The van der Waals surface area contributed by atoms with Crippen molar-refractivity contribution in [2.45, 2.75) is 38.0 Å². The van der Waals surface area contributed by atoms with Crippen molar-refractivity contribution < 1.29 is 9.84 Å². The molecule has 1 aliphatic carbocycles. The minimum absolute atomic E-state index is 0.113. The average Bonchev–Trinajstić information content (AvgIpc) is 3.47. The van der Waals surface area contributed by atoms with Gasteiger partial charge in [-0.2, -0.15) is 5.10 Å². The first-order chi connectivity index (χ1) is 16.1. The van der Waals surface area contributed by atoms with Crippen LogP contribution in [-0.4, -0.2) is 81.3 Å². The third kappa shape index (κ3) is 4.03. The predicted octanol–water partition coefficient (Wildman–Crippen LogP) is 2.75. The van der Waals surface area contributed by atoms with Crippen molar-refractivity contribution in [2.75, 3.05) is 49.6 Å². The Morgan fingerprint density at radius 2 is 1.94 bits per heavy atom. The molecule has 33 heavy (non-hydrogen) atoms. The number of aliphatic hydroxyl groups is 1. The largest absolute Gasteiger partial charge is 0.389 e. The summed E-state index contributed by atoms with van der Waals surface area (Å²) in [4.78, 5) is 14.0. The molecule has 0 bridgehead atoms. The van der Waals surface area contributed by atoms with E-state index in [9.17, 15) is 5.11 Å². The number of piperazine rings is 1. The van der Waals surface area contributed by atoms with Crippen LogP contribution in [0.1, 0.15) is 24.4 Å². The van der Waals surface area contributed by atoms with Crippen LogP contribution in [0, 0.1) is 6.92 Å². The molecule has 9 nitrogen and oxygen atoms in total. The van der Waals surface area contributed by atoms with Crippen molar-refractivity contribution in [2.24, 2.45) is 0 Å². The normalized spacial score (nSPS) is 24.0. The van der Waals surface area contributed by atoms with Gasteiger partial charge in [-0.05, 0) is 37.5 Å². The zero-order chi connectivity index (χ0) is 22.5. The third-order valence-electron chi connectivity index (χ3n) is 6.92. The molecule has 10 heteroatoms. The Kier molecular flexibility index (Phi) is 5.37. The zero-order valence-corrected chi connectivity index (χ0v) is 19.4. The van der Waals surface area contributed by atoms with E-state index < -0.39 is 0 Å². The summed E-state index contributed by atoms with van der Waals surface area (Å²) >= 11 is 6.49. The quantitative estimate of drug-likeness (QED) is 0.589. The molecule has 3 fully saturated rings. The topological polar surface area (TPSA) is 91.6 Å². The van der Waals surface area contributed by atoms with E-state index in [0.717, 1.165) is 55.6 Å². The van der Waals surface area contributed by atoms with Gasteiger partial charge in [0.15, 0.2) is 5.15 Å². The molecule has 0 spiro atoms. The van der Waals surface area contributed by atoms with Crippen LogP contribution in [0.3, 0.4) is 0 Å². The van der Waals surface area contributed by atoms with Gasteiger partial charge in [0.05, 0.1) is 48.8 Å². The number of fused-ring (bicyclic) bond motifs is 1. The molecule has 0 radical (unpaired) electrons. The SMILES string of the molecule is Cc1cc2cnc(Nc3cnn(C4CC4)c3Cl)nc2cc1N1CCN([C@H]2COC[C@H]2O)CC1. The second-order valence-corrected chi connectivity index (χ2v) is 9.59. The number of hydrogen-bond acceptors (Lipinski definition) is 8. The highest BCUT2D eigenvalue weighted by molar-refractivity contribution is 6.32. The van der Waals surface area contributed by atoms with Gasteiger partial charge in [0.25, 0.3) is 0 Å². The fraction of sp³-hybridized carbons (Fsp3) is 0.522. The summed E-state index contributed by atoms with van der Waals surface area (Å²) in [7, 11) is 0. The summed E-state index contributed by atoms with van der Waals surface area (Å²) in [6.07, 6.45) is 5.45. The van der Waals surface area contributed by atoms with Crippen molar-refractivity contribution in [3.63, 3.8) is 0 Å². The first kappa shape index (κ1) is 21.1. The van der Waals surface area contributed by atoms with E-state index in [1.807, 2.05) is 10.9 Å². The highest BCUT2D eigenvalue weighted by Gasteiger charge is 2.33. The van der Waals surface area contributed by atoms with E-state index in [1.165, 1.54) is 11.3 Å². The molecule has 3 aromatic rings. The number of rotatable bonds is 5.